The molecule has 0 saturated carbocycles. The summed E-state index contributed by atoms with van der Waals surface area (Å²) in [5.41, 5.74) is 1.20. The van der Waals surface area contributed by atoms with Gasteiger partial charge in [-0.15, -0.1) is 11.3 Å². The van der Waals surface area contributed by atoms with Crippen molar-refractivity contribution in [2.75, 3.05) is 46.4 Å². The number of hydrogen-bond donors (Lipinski definition) is 1. The molecule has 6 heteroatoms. The minimum absolute atomic E-state index is 0.116. The van der Waals surface area contributed by atoms with Crippen molar-refractivity contribution in [3.8, 4) is 5.75 Å². The Morgan fingerprint density at radius 2 is 1.85 bits per heavy atom. The molecule has 0 aliphatic carbocycles. The van der Waals surface area contributed by atoms with Crippen LogP contribution in [-0.2, 0) is 17.8 Å². The standard InChI is InChI=1S/C20H27N3O2S/c1-25-18-6-4-17(5-7-18)8-9-21-20(24)16-23-12-10-22(11-13-23)15-19-3-2-14-26-19/h2-7,14H,8-13,15-16H2,1H3,(H,21,24). The van der Waals surface area contributed by atoms with Crippen LogP contribution in [0.25, 0.3) is 0 Å². The highest BCUT2D eigenvalue weighted by molar-refractivity contribution is 7.09. The Labute approximate surface area is 159 Å². The van der Waals surface area contributed by atoms with Crippen molar-refractivity contribution in [3.63, 3.8) is 0 Å². The second-order valence-corrected chi connectivity index (χ2v) is 7.61. The number of benzene rings is 1. The van der Waals surface area contributed by atoms with E-state index >= 15 is 0 Å². The van der Waals surface area contributed by atoms with Gasteiger partial charge in [0.05, 0.1) is 13.7 Å². The normalized spacial score (nSPS) is 15.7. The summed E-state index contributed by atoms with van der Waals surface area (Å²) in [6.07, 6.45) is 0.838. The fraction of sp³-hybridized carbons (Fsp3) is 0.450. The summed E-state index contributed by atoms with van der Waals surface area (Å²) in [4.78, 5) is 18.3. The number of nitrogens with one attached hydrogen (secondary N) is 1. The molecule has 0 radical (unpaired) electrons. The first-order valence-electron chi connectivity index (χ1n) is 9.09. The van der Waals surface area contributed by atoms with Crippen LogP contribution in [0.5, 0.6) is 5.75 Å². The third-order valence-corrected chi connectivity index (χ3v) is 5.55. The number of hydrogen-bond acceptors (Lipinski definition) is 5. The van der Waals surface area contributed by atoms with Gasteiger partial charge in [0, 0.05) is 44.1 Å². The molecule has 1 aromatic heterocycles. The first-order chi connectivity index (χ1) is 12.7. The van der Waals surface area contributed by atoms with Crippen molar-refractivity contribution in [1.82, 2.24) is 15.1 Å². The second kappa shape index (κ2) is 9.71. The Hall–Kier alpha value is -1.89. The Morgan fingerprint density at radius 3 is 2.50 bits per heavy atom. The molecular weight excluding hydrogens is 346 g/mol. The third-order valence-electron chi connectivity index (χ3n) is 4.69. The van der Waals surface area contributed by atoms with E-state index in [4.69, 9.17) is 4.74 Å². The molecule has 2 heterocycles. The number of carbonyl (C=O) groups is 1. The first-order valence-corrected chi connectivity index (χ1v) is 9.97. The molecule has 1 aromatic carbocycles. The number of nitrogens with zero attached hydrogens (tertiary/aromatic N) is 2. The number of piperazine rings is 1. The van der Waals surface area contributed by atoms with Crippen molar-refractivity contribution in [1.29, 1.82) is 0 Å². The topological polar surface area (TPSA) is 44.8 Å². The van der Waals surface area contributed by atoms with E-state index < -0.39 is 0 Å². The summed E-state index contributed by atoms with van der Waals surface area (Å²) < 4.78 is 5.15. The van der Waals surface area contributed by atoms with Gasteiger partial charge in [-0.25, -0.2) is 0 Å². The van der Waals surface area contributed by atoms with Gasteiger partial charge in [-0.05, 0) is 35.6 Å². The molecule has 1 N–H and O–H groups in total. The molecule has 3 rings (SSSR count). The molecule has 5 nitrogen and oxygen atoms in total. The molecular formula is C20H27N3O2S. The zero-order valence-electron chi connectivity index (χ0n) is 15.3. The van der Waals surface area contributed by atoms with E-state index in [0.717, 1.165) is 44.9 Å². The lowest BCUT2D eigenvalue weighted by Gasteiger charge is -2.34. The van der Waals surface area contributed by atoms with Gasteiger partial charge in [0.2, 0.25) is 5.91 Å². The molecule has 1 amide bonds. The van der Waals surface area contributed by atoms with Crippen molar-refractivity contribution < 1.29 is 9.53 Å². The average Bonchev–Trinajstić information content (AvgIpc) is 3.17. The van der Waals surface area contributed by atoms with Gasteiger partial charge in [0.1, 0.15) is 5.75 Å². The fourth-order valence-electron chi connectivity index (χ4n) is 3.13. The van der Waals surface area contributed by atoms with Crippen LogP contribution in [0.1, 0.15) is 10.4 Å². The van der Waals surface area contributed by atoms with Crippen LogP contribution in [0.3, 0.4) is 0 Å². The predicted octanol–water partition coefficient (Wildman–Crippen LogP) is 2.23. The summed E-state index contributed by atoms with van der Waals surface area (Å²) in [5.74, 6) is 0.973. The van der Waals surface area contributed by atoms with E-state index in [2.05, 4.69) is 32.6 Å². The zero-order chi connectivity index (χ0) is 18.2. The molecule has 1 aliphatic heterocycles. The molecule has 140 valence electrons. The third kappa shape index (κ3) is 5.83. The van der Waals surface area contributed by atoms with Gasteiger partial charge >= 0.3 is 0 Å². The van der Waals surface area contributed by atoms with E-state index in [1.807, 2.05) is 35.6 Å². The van der Waals surface area contributed by atoms with Crippen LogP contribution < -0.4 is 10.1 Å². The first kappa shape index (κ1) is 18.9. The quantitative estimate of drug-likeness (QED) is 0.771. The highest BCUT2D eigenvalue weighted by Crippen LogP contribution is 2.13. The molecule has 0 atom stereocenters. The van der Waals surface area contributed by atoms with Gasteiger partial charge in [0.25, 0.3) is 0 Å². The predicted molar refractivity (Wildman–Crippen MR) is 106 cm³/mol. The van der Waals surface area contributed by atoms with E-state index in [9.17, 15) is 4.79 Å². The Morgan fingerprint density at radius 1 is 1.12 bits per heavy atom. The molecule has 0 spiro atoms. The minimum Gasteiger partial charge on any atom is -0.497 e. The van der Waals surface area contributed by atoms with Crippen LogP contribution in [-0.4, -0.2) is 62.1 Å². The Bertz CT molecular complexity index is 665. The molecule has 1 fully saturated rings. The molecule has 1 aliphatic rings. The van der Waals surface area contributed by atoms with Crippen molar-refractivity contribution in [3.05, 3.63) is 52.2 Å². The monoisotopic (exact) mass is 373 g/mol. The van der Waals surface area contributed by atoms with E-state index in [1.54, 1.807) is 7.11 Å². The summed E-state index contributed by atoms with van der Waals surface area (Å²) >= 11 is 1.81. The van der Waals surface area contributed by atoms with Crippen LogP contribution in [0.15, 0.2) is 41.8 Å². The Kier molecular flexibility index (Phi) is 7.05. The molecule has 1 saturated heterocycles. The number of thiophene rings is 1. The number of amides is 1. The van der Waals surface area contributed by atoms with Crippen LogP contribution in [0, 0.1) is 0 Å². The summed E-state index contributed by atoms with van der Waals surface area (Å²) in [5, 5.41) is 5.16. The number of rotatable bonds is 8. The van der Waals surface area contributed by atoms with Crippen molar-refractivity contribution in [2.45, 2.75) is 13.0 Å². The summed E-state index contributed by atoms with van der Waals surface area (Å²) in [7, 11) is 1.66. The molecule has 0 unspecified atom stereocenters. The zero-order valence-corrected chi connectivity index (χ0v) is 16.1. The van der Waals surface area contributed by atoms with Crippen LogP contribution in [0.4, 0.5) is 0 Å². The largest absolute Gasteiger partial charge is 0.497 e. The SMILES string of the molecule is COc1ccc(CCNC(=O)CN2CCN(Cc3cccs3)CC2)cc1. The average molecular weight is 374 g/mol. The summed E-state index contributed by atoms with van der Waals surface area (Å²) in [6.45, 7) is 6.15. The maximum absolute atomic E-state index is 12.2. The lowest BCUT2D eigenvalue weighted by molar-refractivity contribution is -0.122. The minimum atomic E-state index is 0.116. The molecule has 2 aromatic rings. The van der Waals surface area contributed by atoms with Crippen molar-refractivity contribution >= 4 is 17.2 Å². The van der Waals surface area contributed by atoms with Gasteiger partial charge in [-0.2, -0.15) is 0 Å². The maximum Gasteiger partial charge on any atom is 0.234 e. The molecule has 0 bridgehead atoms. The van der Waals surface area contributed by atoms with Gasteiger partial charge < -0.3 is 10.1 Å². The number of ether oxygens (including phenoxy) is 1. The van der Waals surface area contributed by atoms with E-state index in [-0.39, 0.29) is 5.91 Å². The van der Waals surface area contributed by atoms with Gasteiger partial charge in [0.15, 0.2) is 0 Å². The lowest BCUT2D eigenvalue weighted by atomic mass is 10.1. The fourth-order valence-corrected chi connectivity index (χ4v) is 3.87. The van der Waals surface area contributed by atoms with E-state index in [0.29, 0.717) is 13.1 Å². The van der Waals surface area contributed by atoms with Crippen molar-refractivity contribution in [2.24, 2.45) is 0 Å². The van der Waals surface area contributed by atoms with Gasteiger partial charge in [-0.1, -0.05) is 18.2 Å². The highest BCUT2D eigenvalue weighted by Gasteiger charge is 2.19. The lowest BCUT2D eigenvalue weighted by Crippen LogP contribution is -2.49. The van der Waals surface area contributed by atoms with Crippen LogP contribution >= 0.6 is 11.3 Å². The summed E-state index contributed by atoms with van der Waals surface area (Å²) in [6, 6.07) is 12.3. The van der Waals surface area contributed by atoms with E-state index in [1.165, 1.54) is 10.4 Å². The Balaban J connectivity index is 1.31. The molecule has 26 heavy (non-hydrogen) atoms. The maximum atomic E-state index is 12.2. The highest BCUT2D eigenvalue weighted by atomic mass is 32.1. The van der Waals surface area contributed by atoms with Crippen LogP contribution in [0.2, 0.25) is 0 Å². The second-order valence-electron chi connectivity index (χ2n) is 6.58. The number of carbonyl (C=O) groups excluding carboxylic acids is 1. The van der Waals surface area contributed by atoms with Gasteiger partial charge in [-0.3, -0.25) is 14.6 Å². The number of methoxy groups -OCH3 is 1. The smallest absolute Gasteiger partial charge is 0.234 e.